The van der Waals surface area contributed by atoms with Gasteiger partial charge in [-0.3, -0.25) is 0 Å². The van der Waals surface area contributed by atoms with E-state index in [9.17, 15) is 17.2 Å². The highest BCUT2D eigenvalue weighted by atomic mass is 32.2. The van der Waals surface area contributed by atoms with Gasteiger partial charge in [0.25, 0.3) is 0 Å². The number of nitrogens with one attached hydrogen (secondary N) is 1. The van der Waals surface area contributed by atoms with Gasteiger partial charge in [0.2, 0.25) is 10.0 Å². The van der Waals surface area contributed by atoms with E-state index in [0.29, 0.717) is 25.9 Å². The fraction of sp³-hybridized carbons (Fsp3) is 0.500. The lowest BCUT2D eigenvalue weighted by atomic mass is 10.2. The molecule has 1 atom stereocenters. The van der Waals surface area contributed by atoms with E-state index in [1.54, 1.807) is 7.05 Å². The zero-order chi connectivity index (χ0) is 14.0. The summed E-state index contributed by atoms with van der Waals surface area (Å²) in [5.74, 6) is -2.09. The number of hydrogen-bond donors (Lipinski definition) is 1. The SMILES string of the molecule is CNCC1CCCN1S(=O)(=O)c1c(F)cccc1F. The van der Waals surface area contributed by atoms with Crippen LogP contribution in [-0.4, -0.2) is 38.9 Å². The van der Waals surface area contributed by atoms with Gasteiger partial charge in [0, 0.05) is 19.1 Å². The number of likely N-dealkylation sites (N-methyl/N-ethyl adjacent to an activating group) is 1. The predicted octanol–water partition coefficient (Wildman–Crippen LogP) is 1.34. The zero-order valence-electron chi connectivity index (χ0n) is 10.6. The van der Waals surface area contributed by atoms with Crippen molar-refractivity contribution < 1.29 is 17.2 Å². The second-order valence-electron chi connectivity index (χ2n) is 4.52. The van der Waals surface area contributed by atoms with Gasteiger partial charge in [-0.1, -0.05) is 6.07 Å². The largest absolute Gasteiger partial charge is 0.318 e. The Morgan fingerprint density at radius 2 is 2.00 bits per heavy atom. The molecule has 0 aliphatic carbocycles. The molecule has 1 aromatic carbocycles. The number of rotatable bonds is 4. The monoisotopic (exact) mass is 290 g/mol. The molecule has 4 nitrogen and oxygen atoms in total. The minimum Gasteiger partial charge on any atom is -0.318 e. The van der Waals surface area contributed by atoms with E-state index in [1.165, 1.54) is 4.31 Å². The number of benzene rings is 1. The Hall–Kier alpha value is -1.05. The highest BCUT2D eigenvalue weighted by Crippen LogP contribution is 2.28. The van der Waals surface area contributed by atoms with Crippen molar-refractivity contribution >= 4 is 10.0 Å². The Kier molecular flexibility index (Phi) is 4.17. The number of halogens is 2. The van der Waals surface area contributed by atoms with Gasteiger partial charge in [0.15, 0.2) is 4.90 Å². The van der Waals surface area contributed by atoms with Crippen molar-refractivity contribution in [3.8, 4) is 0 Å². The van der Waals surface area contributed by atoms with E-state index in [2.05, 4.69) is 5.32 Å². The average molecular weight is 290 g/mol. The van der Waals surface area contributed by atoms with Crippen LogP contribution in [0.4, 0.5) is 8.78 Å². The normalized spacial score (nSPS) is 20.9. The van der Waals surface area contributed by atoms with Crippen LogP contribution in [0, 0.1) is 11.6 Å². The van der Waals surface area contributed by atoms with Crippen molar-refractivity contribution in [3.63, 3.8) is 0 Å². The minimum absolute atomic E-state index is 0.256. The van der Waals surface area contributed by atoms with E-state index >= 15 is 0 Å². The van der Waals surface area contributed by atoms with Crippen LogP contribution >= 0.6 is 0 Å². The van der Waals surface area contributed by atoms with Gasteiger partial charge in [-0.15, -0.1) is 0 Å². The van der Waals surface area contributed by atoms with Gasteiger partial charge in [-0.25, -0.2) is 17.2 Å². The molecule has 0 amide bonds. The van der Waals surface area contributed by atoms with Gasteiger partial charge in [0.1, 0.15) is 11.6 Å². The molecule has 1 heterocycles. The van der Waals surface area contributed by atoms with Gasteiger partial charge < -0.3 is 5.32 Å². The highest BCUT2D eigenvalue weighted by Gasteiger charge is 2.37. The molecule has 2 rings (SSSR count). The fourth-order valence-corrected chi connectivity index (χ4v) is 4.22. The van der Waals surface area contributed by atoms with E-state index in [0.717, 1.165) is 18.2 Å². The van der Waals surface area contributed by atoms with Gasteiger partial charge in [-0.2, -0.15) is 4.31 Å². The molecule has 0 bridgehead atoms. The summed E-state index contributed by atoms with van der Waals surface area (Å²) in [6, 6.07) is 2.81. The van der Waals surface area contributed by atoms with Crippen molar-refractivity contribution in [2.45, 2.75) is 23.8 Å². The third kappa shape index (κ3) is 2.63. The Morgan fingerprint density at radius 3 is 2.58 bits per heavy atom. The Labute approximate surface area is 111 Å². The maximum Gasteiger partial charge on any atom is 0.249 e. The molecule has 7 heteroatoms. The van der Waals surface area contributed by atoms with Crippen LogP contribution in [0.1, 0.15) is 12.8 Å². The lowest BCUT2D eigenvalue weighted by molar-refractivity contribution is 0.373. The van der Waals surface area contributed by atoms with Crippen LogP contribution < -0.4 is 5.32 Å². The smallest absolute Gasteiger partial charge is 0.249 e. The maximum atomic E-state index is 13.7. The second kappa shape index (κ2) is 5.52. The van der Waals surface area contributed by atoms with E-state index in [4.69, 9.17) is 0 Å². The van der Waals surface area contributed by atoms with Crippen LogP contribution in [0.3, 0.4) is 0 Å². The molecule has 0 saturated carbocycles. The molecule has 0 aromatic heterocycles. The third-order valence-electron chi connectivity index (χ3n) is 3.25. The Morgan fingerprint density at radius 1 is 1.37 bits per heavy atom. The summed E-state index contributed by atoms with van der Waals surface area (Å²) in [7, 11) is -2.41. The summed E-state index contributed by atoms with van der Waals surface area (Å²) in [5.41, 5.74) is 0. The quantitative estimate of drug-likeness (QED) is 0.910. The van der Waals surface area contributed by atoms with Crippen LogP contribution in [0.25, 0.3) is 0 Å². The van der Waals surface area contributed by atoms with Crippen molar-refractivity contribution in [3.05, 3.63) is 29.8 Å². The summed E-state index contributed by atoms with van der Waals surface area (Å²) >= 11 is 0. The first-order chi connectivity index (χ1) is 8.98. The molecule has 1 N–H and O–H groups in total. The topological polar surface area (TPSA) is 49.4 Å². The van der Waals surface area contributed by atoms with Gasteiger partial charge >= 0.3 is 0 Å². The molecule has 1 fully saturated rings. The van der Waals surface area contributed by atoms with Crippen molar-refractivity contribution in [1.82, 2.24) is 9.62 Å². The molecular formula is C12H16F2N2O2S. The molecule has 1 aromatic rings. The summed E-state index contributed by atoms with van der Waals surface area (Å²) in [5, 5.41) is 2.90. The van der Waals surface area contributed by atoms with Crippen molar-refractivity contribution in [2.75, 3.05) is 20.1 Å². The van der Waals surface area contributed by atoms with Gasteiger partial charge in [-0.05, 0) is 32.0 Å². The van der Waals surface area contributed by atoms with Crippen LogP contribution in [0.15, 0.2) is 23.1 Å². The molecule has 1 aliphatic rings. The van der Waals surface area contributed by atoms with Gasteiger partial charge in [0.05, 0.1) is 0 Å². The molecule has 1 aliphatic heterocycles. The molecule has 1 saturated heterocycles. The Balaban J connectivity index is 2.42. The van der Waals surface area contributed by atoms with E-state index < -0.39 is 26.6 Å². The standard InChI is InChI=1S/C12H16F2N2O2S/c1-15-8-9-4-3-7-16(9)19(17,18)12-10(13)5-2-6-11(12)14/h2,5-6,9,15H,3-4,7-8H2,1H3. The molecular weight excluding hydrogens is 274 g/mol. The first-order valence-electron chi connectivity index (χ1n) is 6.09. The zero-order valence-corrected chi connectivity index (χ0v) is 11.4. The lowest BCUT2D eigenvalue weighted by Gasteiger charge is -2.24. The summed E-state index contributed by atoms with van der Waals surface area (Å²) in [6.45, 7) is 0.762. The number of nitrogens with zero attached hydrogens (tertiary/aromatic N) is 1. The summed E-state index contributed by atoms with van der Waals surface area (Å²) < 4.78 is 53.2. The number of sulfonamides is 1. The lowest BCUT2D eigenvalue weighted by Crippen LogP contribution is -2.41. The van der Waals surface area contributed by atoms with Crippen molar-refractivity contribution in [2.24, 2.45) is 0 Å². The molecule has 1 unspecified atom stereocenters. The average Bonchev–Trinajstić information content (AvgIpc) is 2.78. The maximum absolute atomic E-state index is 13.7. The molecule has 0 radical (unpaired) electrons. The minimum atomic E-state index is -4.13. The van der Waals surface area contributed by atoms with E-state index in [1.807, 2.05) is 0 Å². The molecule has 106 valence electrons. The summed E-state index contributed by atoms with van der Waals surface area (Å²) in [4.78, 5) is -0.849. The van der Waals surface area contributed by atoms with Crippen LogP contribution in [0.2, 0.25) is 0 Å². The first kappa shape index (κ1) is 14.4. The molecule has 0 spiro atoms. The van der Waals surface area contributed by atoms with Crippen LogP contribution in [0.5, 0.6) is 0 Å². The Bertz CT molecular complexity index is 543. The second-order valence-corrected chi connectivity index (χ2v) is 6.35. The first-order valence-corrected chi connectivity index (χ1v) is 7.53. The molecule has 19 heavy (non-hydrogen) atoms. The third-order valence-corrected chi connectivity index (χ3v) is 5.25. The predicted molar refractivity (Wildman–Crippen MR) is 67.2 cm³/mol. The fourth-order valence-electron chi connectivity index (χ4n) is 2.41. The van der Waals surface area contributed by atoms with Crippen molar-refractivity contribution in [1.29, 1.82) is 0 Å². The number of hydrogen-bond acceptors (Lipinski definition) is 3. The van der Waals surface area contributed by atoms with E-state index in [-0.39, 0.29) is 6.04 Å². The summed E-state index contributed by atoms with van der Waals surface area (Å²) in [6.07, 6.45) is 1.39. The van der Waals surface area contributed by atoms with Crippen LogP contribution in [-0.2, 0) is 10.0 Å². The highest BCUT2D eigenvalue weighted by molar-refractivity contribution is 7.89.